The van der Waals surface area contributed by atoms with Gasteiger partial charge in [-0.05, 0) is 136 Å². The van der Waals surface area contributed by atoms with Gasteiger partial charge in [0.25, 0.3) is 0 Å². The molecule has 5 aliphatic rings. The molecule has 1 heteroatoms. The summed E-state index contributed by atoms with van der Waals surface area (Å²) < 4.78 is 0. The van der Waals surface area contributed by atoms with Crippen molar-refractivity contribution in [1.29, 1.82) is 0 Å². The lowest BCUT2D eigenvalue weighted by atomic mass is 9.55. The fourth-order valence-corrected chi connectivity index (χ4v) is 13.0. The van der Waals surface area contributed by atoms with Gasteiger partial charge in [0.2, 0.25) is 0 Å². The fourth-order valence-electron chi connectivity index (χ4n) is 13.0. The van der Waals surface area contributed by atoms with Crippen LogP contribution in [0.2, 0.25) is 0 Å². The zero-order chi connectivity index (χ0) is 36.9. The van der Waals surface area contributed by atoms with E-state index in [-0.39, 0.29) is 10.8 Å². The lowest BCUT2D eigenvalue weighted by molar-refractivity contribution is 0.224. The molecule has 6 aromatic carbocycles. The van der Waals surface area contributed by atoms with Gasteiger partial charge in [0.15, 0.2) is 0 Å². The van der Waals surface area contributed by atoms with E-state index in [0.717, 1.165) is 24.7 Å². The van der Waals surface area contributed by atoms with Crippen LogP contribution in [0.3, 0.4) is 0 Å². The van der Waals surface area contributed by atoms with E-state index in [1.165, 1.54) is 106 Å². The molecule has 0 amide bonds. The lowest BCUT2D eigenvalue weighted by Crippen LogP contribution is -2.41. The van der Waals surface area contributed by atoms with Gasteiger partial charge in [-0.3, -0.25) is 0 Å². The van der Waals surface area contributed by atoms with Crippen molar-refractivity contribution in [3.8, 4) is 33.4 Å². The molecule has 0 aliphatic heterocycles. The van der Waals surface area contributed by atoms with Crippen LogP contribution >= 0.6 is 0 Å². The Balaban J connectivity index is 1.13. The Morgan fingerprint density at radius 3 is 2.04 bits per heavy atom. The summed E-state index contributed by atoms with van der Waals surface area (Å²) in [7, 11) is 0. The topological polar surface area (TPSA) is 3.24 Å². The molecule has 6 unspecified atom stereocenters. The molecule has 2 spiro atoms. The highest BCUT2D eigenvalue weighted by Gasteiger charge is 2.57. The SMILES string of the molecule is C=C1CC(CC)CC(CC)C12c1ccccc1-c1cc(N(c3ccc(-c4ccccc4)cc3)c3cccc4c3-c3ccccc3C43CC4CCC3C4)ccc12. The van der Waals surface area contributed by atoms with E-state index in [9.17, 15) is 0 Å². The zero-order valence-corrected chi connectivity index (χ0v) is 32.4. The van der Waals surface area contributed by atoms with E-state index < -0.39 is 0 Å². The van der Waals surface area contributed by atoms with Crippen molar-refractivity contribution < 1.29 is 0 Å². The third-order valence-corrected chi connectivity index (χ3v) is 15.2. The van der Waals surface area contributed by atoms with Crippen LogP contribution in [0.4, 0.5) is 17.1 Å². The number of hydrogen-bond donors (Lipinski definition) is 0. The minimum atomic E-state index is -0.131. The minimum Gasteiger partial charge on any atom is -0.310 e. The predicted octanol–water partition coefficient (Wildman–Crippen LogP) is 14.6. The van der Waals surface area contributed by atoms with E-state index in [1.54, 1.807) is 11.1 Å². The Kier molecular flexibility index (Phi) is 7.51. The maximum atomic E-state index is 4.93. The van der Waals surface area contributed by atoms with Gasteiger partial charge in [-0.25, -0.2) is 0 Å². The summed E-state index contributed by atoms with van der Waals surface area (Å²) >= 11 is 0. The first kappa shape index (κ1) is 33.2. The van der Waals surface area contributed by atoms with Crippen molar-refractivity contribution in [3.05, 3.63) is 174 Å². The van der Waals surface area contributed by atoms with Crippen LogP contribution < -0.4 is 4.90 Å². The summed E-state index contributed by atoms with van der Waals surface area (Å²) in [5.74, 6) is 2.83. The Labute approximate surface area is 327 Å². The molecule has 0 radical (unpaired) electrons. The smallest absolute Gasteiger partial charge is 0.0543 e. The molecule has 5 aliphatic carbocycles. The standard InChI is InChI=1S/C54H51N/c1-4-36-30-35(3)54(40(5-2)31-36)48-19-12-9-16-44(48)46-33-43(28-29-49(46)54)55(42-26-23-39(24-27-42)38-14-7-6-8-15-38)51-21-13-20-50-52(51)45-17-10-11-18-47(45)53(50)34-37-22-25-41(53)32-37/h6-21,23-24,26-29,33,36-37,40-41H,3-5,22,25,30-32,34H2,1-2H3. The van der Waals surface area contributed by atoms with Crippen molar-refractivity contribution >= 4 is 17.1 Å². The number of benzene rings is 6. The summed E-state index contributed by atoms with van der Waals surface area (Å²) in [6.45, 7) is 9.70. The molecule has 6 aromatic rings. The molecule has 0 aromatic heterocycles. The lowest BCUT2D eigenvalue weighted by Gasteiger charge is -2.47. The summed E-state index contributed by atoms with van der Waals surface area (Å²) in [4.78, 5) is 2.59. The van der Waals surface area contributed by atoms with Gasteiger partial charge >= 0.3 is 0 Å². The summed E-state index contributed by atoms with van der Waals surface area (Å²) in [5.41, 5.74) is 19.3. The quantitative estimate of drug-likeness (QED) is 0.155. The number of anilines is 3. The van der Waals surface area contributed by atoms with E-state index in [2.05, 4.69) is 158 Å². The first-order chi connectivity index (χ1) is 27.1. The number of hydrogen-bond acceptors (Lipinski definition) is 1. The van der Waals surface area contributed by atoms with Crippen LogP contribution in [0.1, 0.15) is 87.5 Å². The Morgan fingerprint density at radius 2 is 1.29 bits per heavy atom. The molecule has 6 atom stereocenters. The average Bonchev–Trinajstić information content (AvgIpc) is 4.00. The molecule has 0 saturated heterocycles. The predicted molar refractivity (Wildman–Crippen MR) is 230 cm³/mol. The van der Waals surface area contributed by atoms with E-state index >= 15 is 0 Å². The van der Waals surface area contributed by atoms with Crippen LogP contribution in [0, 0.1) is 23.7 Å². The second-order valence-corrected chi connectivity index (χ2v) is 17.6. The van der Waals surface area contributed by atoms with Gasteiger partial charge in [0.05, 0.1) is 5.69 Å². The molecular weight excluding hydrogens is 663 g/mol. The minimum absolute atomic E-state index is 0.129. The maximum absolute atomic E-state index is 4.93. The molecule has 55 heavy (non-hydrogen) atoms. The van der Waals surface area contributed by atoms with Crippen LogP contribution in [0.5, 0.6) is 0 Å². The number of rotatable bonds is 6. The molecule has 0 N–H and O–H groups in total. The Morgan fingerprint density at radius 1 is 0.600 bits per heavy atom. The molecule has 0 heterocycles. The van der Waals surface area contributed by atoms with Gasteiger partial charge in [-0.2, -0.15) is 0 Å². The van der Waals surface area contributed by atoms with Crippen LogP contribution in [-0.2, 0) is 10.8 Å². The molecule has 11 rings (SSSR count). The van der Waals surface area contributed by atoms with Crippen molar-refractivity contribution in [3.63, 3.8) is 0 Å². The third-order valence-electron chi connectivity index (χ3n) is 15.2. The molecule has 3 fully saturated rings. The van der Waals surface area contributed by atoms with E-state index in [0.29, 0.717) is 11.8 Å². The number of fused-ring (bicyclic) bond motifs is 13. The van der Waals surface area contributed by atoms with Gasteiger partial charge in [0, 0.05) is 27.8 Å². The number of nitrogens with zero attached hydrogens (tertiary/aromatic N) is 1. The summed E-state index contributed by atoms with van der Waals surface area (Å²) in [6.07, 6.45) is 10.2. The molecule has 2 bridgehead atoms. The normalized spacial score (nSPS) is 26.6. The summed E-state index contributed by atoms with van der Waals surface area (Å²) in [5, 5.41) is 0. The van der Waals surface area contributed by atoms with E-state index in [4.69, 9.17) is 6.58 Å². The first-order valence-corrected chi connectivity index (χ1v) is 21.2. The van der Waals surface area contributed by atoms with Crippen molar-refractivity contribution in [1.82, 2.24) is 0 Å². The van der Waals surface area contributed by atoms with Crippen LogP contribution in [-0.4, -0.2) is 0 Å². The third kappa shape index (κ3) is 4.53. The van der Waals surface area contributed by atoms with Crippen molar-refractivity contribution in [2.24, 2.45) is 23.7 Å². The Hall–Kier alpha value is -5.14. The Bertz CT molecular complexity index is 2470. The maximum Gasteiger partial charge on any atom is 0.0543 e. The van der Waals surface area contributed by atoms with Crippen LogP contribution in [0.15, 0.2) is 152 Å². The molecule has 3 saturated carbocycles. The summed E-state index contributed by atoms with van der Waals surface area (Å²) in [6, 6.07) is 53.6. The van der Waals surface area contributed by atoms with Crippen LogP contribution in [0.25, 0.3) is 33.4 Å². The van der Waals surface area contributed by atoms with E-state index in [1.807, 2.05) is 0 Å². The highest BCUT2D eigenvalue weighted by Crippen LogP contribution is 2.67. The zero-order valence-electron chi connectivity index (χ0n) is 32.4. The highest BCUT2D eigenvalue weighted by molar-refractivity contribution is 5.97. The van der Waals surface area contributed by atoms with Gasteiger partial charge in [-0.15, -0.1) is 0 Å². The molecular formula is C54H51N. The van der Waals surface area contributed by atoms with Crippen molar-refractivity contribution in [2.75, 3.05) is 4.90 Å². The monoisotopic (exact) mass is 713 g/mol. The van der Waals surface area contributed by atoms with Gasteiger partial charge in [-0.1, -0.05) is 154 Å². The first-order valence-electron chi connectivity index (χ1n) is 21.2. The fraction of sp³-hybridized carbons (Fsp3) is 0.296. The molecule has 272 valence electrons. The second kappa shape index (κ2) is 12.4. The van der Waals surface area contributed by atoms with Gasteiger partial charge < -0.3 is 4.90 Å². The van der Waals surface area contributed by atoms with Gasteiger partial charge in [0.1, 0.15) is 0 Å². The average molecular weight is 714 g/mol. The largest absolute Gasteiger partial charge is 0.310 e. The molecule has 1 nitrogen and oxygen atoms in total. The second-order valence-electron chi connectivity index (χ2n) is 17.6. The van der Waals surface area contributed by atoms with Crippen molar-refractivity contribution in [2.45, 2.75) is 76.0 Å². The number of allylic oxidation sites excluding steroid dienone is 1. The highest BCUT2D eigenvalue weighted by atomic mass is 15.1.